The van der Waals surface area contributed by atoms with Crippen LogP contribution in [0.3, 0.4) is 0 Å². The van der Waals surface area contributed by atoms with E-state index in [1.165, 1.54) is 0 Å². The zero-order valence-corrected chi connectivity index (χ0v) is 11.3. The predicted octanol–water partition coefficient (Wildman–Crippen LogP) is 3.06. The van der Waals surface area contributed by atoms with Crippen LogP contribution in [0.25, 0.3) is 0 Å². The lowest BCUT2D eigenvalue weighted by atomic mass is 9.97. The summed E-state index contributed by atoms with van der Waals surface area (Å²) in [6, 6.07) is 3.85. The highest BCUT2D eigenvalue weighted by molar-refractivity contribution is 5.98. The van der Waals surface area contributed by atoms with Crippen molar-refractivity contribution in [2.24, 2.45) is 0 Å². The molecule has 1 aliphatic heterocycles. The molecule has 0 amide bonds. The molecule has 1 atom stereocenters. The lowest BCUT2D eigenvalue weighted by Gasteiger charge is -2.12. The predicted molar refractivity (Wildman–Crippen MR) is 70.4 cm³/mol. The number of rotatable bonds is 4. The number of methoxy groups -OCH3 is 1. The van der Waals surface area contributed by atoms with Crippen LogP contribution in [0, 0.1) is 13.8 Å². The smallest absolute Gasteiger partial charge is 0.165 e. The van der Waals surface area contributed by atoms with Crippen molar-refractivity contribution in [2.45, 2.75) is 39.2 Å². The van der Waals surface area contributed by atoms with Gasteiger partial charge in [0.1, 0.15) is 5.75 Å². The van der Waals surface area contributed by atoms with Crippen LogP contribution in [0.1, 0.15) is 40.7 Å². The Balaban J connectivity index is 2.16. The molecule has 2 rings (SSSR count). The minimum absolute atomic E-state index is 0.110. The van der Waals surface area contributed by atoms with E-state index in [1.807, 2.05) is 26.0 Å². The van der Waals surface area contributed by atoms with E-state index in [1.54, 1.807) is 7.11 Å². The molecule has 0 N–H and O–H groups in total. The van der Waals surface area contributed by atoms with Crippen molar-refractivity contribution in [3.8, 4) is 5.75 Å². The normalized spacial score (nSPS) is 18.9. The maximum Gasteiger partial charge on any atom is 0.165 e. The van der Waals surface area contributed by atoms with Gasteiger partial charge in [-0.15, -0.1) is 0 Å². The number of carbonyl (C=O) groups is 1. The van der Waals surface area contributed by atoms with Gasteiger partial charge in [0, 0.05) is 18.6 Å². The third kappa shape index (κ3) is 2.72. The van der Waals surface area contributed by atoms with E-state index in [0.717, 1.165) is 41.9 Å². The molecule has 1 unspecified atom stereocenters. The molecule has 0 aromatic heterocycles. The third-order valence-corrected chi connectivity index (χ3v) is 3.48. The van der Waals surface area contributed by atoms with E-state index in [4.69, 9.17) is 9.47 Å². The summed E-state index contributed by atoms with van der Waals surface area (Å²) in [5, 5.41) is 0. The summed E-state index contributed by atoms with van der Waals surface area (Å²) in [5.74, 6) is 1.01. The Bertz CT molecular complexity index is 445. The summed E-state index contributed by atoms with van der Waals surface area (Å²) in [6.45, 7) is 4.70. The summed E-state index contributed by atoms with van der Waals surface area (Å²) in [5.41, 5.74) is 2.77. The molecule has 1 saturated heterocycles. The maximum absolute atomic E-state index is 12.3. The first-order valence-corrected chi connectivity index (χ1v) is 6.42. The van der Waals surface area contributed by atoms with Crippen molar-refractivity contribution in [3.05, 3.63) is 28.8 Å². The van der Waals surface area contributed by atoms with Gasteiger partial charge in [0.25, 0.3) is 0 Å². The van der Waals surface area contributed by atoms with Crippen molar-refractivity contribution >= 4 is 5.78 Å². The average Bonchev–Trinajstić information content (AvgIpc) is 2.84. The van der Waals surface area contributed by atoms with E-state index in [9.17, 15) is 4.79 Å². The largest absolute Gasteiger partial charge is 0.496 e. The van der Waals surface area contributed by atoms with Crippen LogP contribution in [-0.4, -0.2) is 25.6 Å². The van der Waals surface area contributed by atoms with Crippen LogP contribution in [0.5, 0.6) is 5.75 Å². The minimum atomic E-state index is 0.110. The molecule has 18 heavy (non-hydrogen) atoms. The third-order valence-electron chi connectivity index (χ3n) is 3.48. The monoisotopic (exact) mass is 248 g/mol. The highest BCUT2D eigenvalue weighted by Crippen LogP contribution is 2.25. The molecule has 0 radical (unpaired) electrons. The molecule has 0 spiro atoms. The lowest BCUT2D eigenvalue weighted by molar-refractivity contribution is 0.0775. The molecular formula is C15H20O3. The second-order valence-electron chi connectivity index (χ2n) is 4.90. The fraction of sp³-hybridized carbons (Fsp3) is 0.533. The van der Waals surface area contributed by atoms with Gasteiger partial charge in [-0.25, -0.2) is 0 Å². The Hall–Kier alpha value is -1.35. The second-order valence-corrected chi connectivity index (χ2v) is 4.90. The van der Waals surface area contributed by atoms with Crippen molar-refractivity contribution < 1.29 is 14.3 Å². The van der Waals surface area contributed by atoms with E-state index in [-0.39, 0.29) is 11.9 Å². The summed E-state index contributed by atoms with van der Waals surface area (Å²) in [4.78, 5) is 12.3. The molecule has 0 bridgehead atoms. The summed E-state index contributed by atoms with van der Waals surface area (Å²) >= 11 is 0. The Kier molecular flexibility index (Phi) is 4.02. The van der Waals surface area contributed by atoms with Crippen molar-refractivity contribution in [1.29, 1.82) is 0 Å². The van der Waals surface area contributed by atoms with Gasteiger partial charge >= 0.3 is 0 Å². The van der Waals surface area contributed by atoms with E-state index >= 15 is 0 Å². The maximum atomic E-state index is 12.3. The molecular weight excluding hydrogens is 228 g/mol. The number of benzene rings is 1. The van der Waals surface area contributed by atoms with Crippen LogP contribution in [-0.2, 0) is 4.74 Å². The number of carbonyl (C=O) groups excluding carboxylic acids is 1. The topological polar surface area (TPSA) is 35.5 Å². The van der Waals surface area contributed by atoms with Gasteiger partial charge in [-0.2, -0.15) is 0 Å². The quantitative estimate of drug-likeness (QED) is 0.768. The standard InChI is InChI=1S/C15H20O3/c1-10-8-15(17-3)11(2)7-13(10)14(16)9-12-5-4-6-18-12/h7-8,12H,4-6,9H2,1-3H3. The molecule has 0 aliphatic carbocycles. The first-order valence-electron chi connectivity index (χ1n) is 6.42. The number of hydrogen-bond acceptors (Lipinski definition) is 3. The second kappa shape index (κ2) is 5.53. The molecule has 1 aromatic rings. The summed E-state index contributed by atoms with van der Waals surface area (Å²) in [6.07, 6.45) is 2.67. The fourth-order valence-electron chi connectivity index (χ4n) is 2.43. The van der Waals surface area contributed by atoms with Gasteiger partial charge in [-0.3, -0.25) is 4.79 Å². The van der Waals surface area contributed by atoms with Crippen molar-refractivity contribution in [1.82, 2.24) is 0 Å². The number of hydrogen-bond donors (Lipinski definition) is 0. The Morgan fingerprint density at radius 1 is 1.39 bits per heavy atom. The van der Waals surface area contributed by atoms with Gasteiger partial charge in [0.15, 0.2) is 5.78 Å². The number of ketones is 1. The molecule has 3 heteroatoms. The van der Waals surface area contributed by atoms with E-state index in [2.05, 4.69) is 0 Å². The highest BCUT2D eigenvalue weighted by Gasteiger charge is 2.21. The average molecular weight is 248 g/mol. The molecule has 3 nitrogen and oxygen atoms in total. The number of aryl methyl sites for hydroxylation is 2. The van der Waals surface area contributed by atoms with Gasteiger partial charge < -0.3 is 9.47 Å². The van der Waals surface area contributed by atoms with Crippen LogP contribution >= 0.6 is 0 Å². The molecule has 98 valence electrons. The molecule has 0 saturated carbocycles. The molecule has 1 aliphatic rings. The van der Waals surface area contributed by atoms with Gasteiger partial charge in [-0.05, 0) is 49.9 Å². The fourth-order valence-corrected chi connectivity index (χ4v) is 2.43. The first-order chi connectivity index (χ1) is 8.61. The molecule has 1 heterocycles. The SMILES string of the molecule is COc1cc(C)c(C(=O)CC2CCCO2)cc1C. The van der Waals surface area contributed by atoms with Gasteiger partial charge in [-0.1, -0.05) is 0 Å². The number of ether oxygens (including phenoxy) is 2. The van der Waals surface area contributed by atoms with Crippen LogP contribution in [0.4, 0.5) is 0 Å². The Labute approximate surface area is 108 Å². The zero-order chi connectivity index (χ0) is 13.1. The number of Topliss-reactive ketones (excluding diaryl/α,β-unsaturated/α-hetero) is 1. The first kappa shape index (κ1) is 13.1. The van der Waals surface area contributed by atoms with Crippen LogP contribution in [0.2, 0.25) is 0 Å². The molecule has 1 fully saturated rings. The van der Waals surface area contributed by atoms with E-state index in [0.29, 0.717) is 6.42 Å². The highest BCUT2D eigenvalue weighted by atomic mass is 16.5. The summed E-state index contributed by atoms with van der Waals surface area (Å²) in [7, 11) is 1.65. The van der Waals surface area contributed by atoms with Crippen LogP contribution < -0.4 is 4.74 Å². The van der Waals surface area contributed by atoms with Gasteiger partial charge in [0.2, 0.25) is 0 Å². The minimum Gasteiger partial charge on any atom is -0.496 e. The molecule has 1 aromatic carbocycles. The van der Waals surface area contributed by atoms with Crippen molar-refractivity contribution in [3.63, 3.8) is 0 Å². The Morgan fingerprint density at radius 2 is 2.17 bits per heavy atom. The lowest BCUT2D eigenvalue weighted by Crippen LogP contribution is -2.13. The van der Waals surface area contributed by atoms with Crippen LogP contribution in [0.15, 0.2) is 12.1 Å². The summed E-state index contributed by atoms with van der Waals surface area (Å²) < 4.78 is 10.8. The van der Waals surface area contributed by atoms with E-state index < -0.39 is 0 Å². The van der Waals surface area contributed by atoms with Crippen molar-refractivity contribution in [2.75, 3.05) is 13.7 Å². The zero-order valence-electron chi connectivity index (χ0n) is 11.3. The van der Waals surface area contributed by atoms with Gasteiger partial charge in [0.05, 0.1) is 13.2 Å². The Morgan fingerprint density at radius 3 is 2.78 bits per heavy atom.